The number of aliphatic hydroxyl groups is 1. The second-order valence-corrected chi connectivity index (χ2v) is 8.70. The van der Waals surface area contributed by atoms with E-state index < -0.39 is 5.60 Å². The zero-order valence-electron chi connectivity index (χ0n) is 17.2. The zero-order valence-corrected chi connectivity index (χ0v) is 17.2. The highest BCUT2D eigenvalue weighted by atomic mass is 16.3. The second-order valence-electron chi connectivity index (χ2n) is 8.70. The summed E-state index contributed by atoms with van der Waals surface area (Å²) in [4.78, 5) is 17.3. The van der Waals surface area contributed by atoms with Crippen molar-refractivity contribution in [1.82, 2.24) is 10.3 Å². The van der Waals surface area contributed by atoms with E-state index in [0.717, 1.165) is 53.6 Å². The maximum absolute atomic E-state index is 12.7. The average Bonchev–Trinajstić information content (AvgIpc) is 3.15. The first kappa shape index (κ1) is 19.6. The number of hydrogen-bond acceptors (Lipinski definition) is 4. The van der Waals surface area contributed by atoms with Gasteiger partial charge in [0, 0.05) is 34.3 Å². The number of carbonyl (C=O) groups is 1. The highest BCUT2D eigenvalue weighted by molar-refractivity contribution is 5.96. The maximum atomic E-state index is 12.7. The van der Waals surface area contributed by atoms with Gasteiger partial charge in [-0.2, -0.15) is 0 Å². The van der Waals surface area contributed by atoms with Crippen molar-refractivity contribution in [1.29, 1.82) is 0 Å². The molecule has 1 saturated carbocycles. The van der Waals surface area contributed by atoms with E-state index in [1.165, 1.54) is 0 Å². The van der Waals surface area contributed by atoms with Crippen molar-refractivity contribution >= 4 is 16.9 Å². The molecule has 0 spiro atoms. The van der Waals surface area contributed by atoms with Crippen LogP contribution in [0.1, 0.15) is 55.6 Å². The first-order valence-electron chi connectivity index (χ1n) is 10.3. The van der Waals surface area contributed by atoms with Gasteiger partial charge in [-0.25, -0.2) is 0 Å². The predicted octanol–water partition coefficient (Wildman–Crippen LogP) is 4.86. The molecule has 0 unspecified atom stereocenters. The van der Waals surface area contributed by atoms with Crippen molar-refractivity contribution < 1.29 is 14.3 Å². The average molecular weight is 392 g/mol. The van der Waals surface area contributed by atoms with Crippen molar-refractivity contribution in [2.45, 2.75) is 58.1 Å². The maximum Gasteiger partial charge on any atom is 0.251 e. The third-order valence-corrected chi connectivity index (χ3v) is 6.06. The molecule has 152 valence electrons. The molecule has 1 amide bonds. The minimum atomic E-state index is -0.644. The van der Waals surface area contributed by atoms with E-state index in [-0.39, 0.29) is 11.9 Å². The molecule has 2 N–H and O–H groups in total. The molecule has 2 aromatic heterocycles. The van der Waals surface area contributed by atoms with Crippen molar-refractivity contribution in [2.24, 2.45) is 5.92 Å². The molecule has 1 aromatic carbocycles. The molecule has 2 heterocycles. The van der Waals surface area contributed by atoms with Crippen LogP contribution in [0.25, 0.3) is 22.2 Å². The molecule has 0 saturated heterocycles. The summed E-state index contributed by atoms with van der Waals surface area (Å²) in [5.74, 6) is 0.255. The molecule has 1 aliphatic rings. The summed E-state index contributed by atoms with van der Waals surface area (Å²) in [5, 5.41) is 14.3. The predicted molar refractivity (Wildman–Crippen MR) is 114 cm³/mol. The molecule has 1 fully saturated rings. The fourth-order valence-electron chi connectivity index (χ4n) is 4.30. The number of rotatable bonds is 4. The van der Waals surface area contributed by atoms with E-state index >= 15 is 0 Å². The normalized spacial score (nSPS) is 20.0. The van der Waals surface area contributed by atoms with E-state index in [1.807, 2.05) is 57.2 Å². The van der Waals surface area contributed by atoms with Gasteiger partial charge in [0.05, 0.1) is 17.6 Å². The number of nitrogens with zero attached hydrogens (tertiary/aromatic N) is 1. The number of hydrogen-bond donors (Lipinski definition) is 2. The van der Waals surface area contributed by atoms with E-state index in [0.29, 0.717) is 11.5 Å². The number of aryl methyl sites for hydroxylation is 1. The minimum Gasteiger partial charge on any atom is -0.464 e. The Hall–Kier alpha value is -2.66. The molecule has 1 aliphatic carbocycles. The summed E-state index contributed by atoms with van der Waals surface area (Å²) in [6.45, 7) is 5.69. The topological polar surface area (TPSA) is 75.4 Å². The molecular weight excluding hydrogens is 364 g/mol. The van der Waals surface area contributed by atoms with Gasteiger partial charge >= 0.3 is 0 Å². The third-order valence-electron chi connectivity index (χ3n) is 6.06. The number of benzene rings is 1. The molecule has 0 radical (unpaired) electrons. The standard InChI is InChI=1S/C24H28N2O3/c1-15-14-21-20(12-13-29-21)22(25-15)16-4-6-17(7-5-16)23(27)26-19-10-8-18(9-11-19)24(2,3)28/h4-7,12-14,18-19,28H,8-11H2,1-3H3,(H,26,27)/t18-,19-. The van der Waals surface area contributed by atoms with Crippen LogP contribution in [-0.4, -0.2) is 27.6 Å². The smallest absolute Gasteiger partial charge is 0.251 e. The number of furan rings is 1. The molecule has 3 aromatic rings. The largest absolute Gasteiger partial charge is 0.464 e. The highest BCUT2D eigenvalue weighted by Gasteiger charge is 2.31. The van der Waals surface area contributed by atoms with Gasteiger partial charge in [-0.05, 0) is 70.6 Å². The molecule has 29 heavy (non-hydrogen) atoms. The Bertz CT molecular complexity index is 1010. The van der Waals surface area contributed by atoms with Gasteiger partial charge in [-0.15, -0.1) is 0 Å². The number of pyridine rings is 1. The molecule has 5 nitrogen and oxygen atoms in total. The van der Waals surface area contributed by atoms with Crippen LogP contribution in [0, 0.1) is 12.8 Å². The Morgan fingerprint density at radius 3 is 2.48 bits per heavy atom. The van der Waals surface area contributed by atoms with Crippen LogP contribution in [0.5, 0.6) is 0 Å². The number of carbonyl (C=O) groups excluding carboxylic acids is 1. The molecule has 5 heteroatoms. The SMILES string of the molecule is Cc1cc2occc2c(-c2ccc(C(=O)N[C@H]3CC[C@H](C(C)(C)O)CC3)cc2)n1. The van der Waals surface area contributed by atoms with Gasteiger partial charge in [-0.1, -0.05) is 12.1 Å². The fraction of sp³-hybridized carbons (Fsp3) is 0.417. The lowest BCUT2D eigenvalue weighted by molar-refractivity contribution is -0.00257. The minimum absolute atomic E-state index is 0.0473. The van der Waals surface area contributed by atoms with Crippen LogP contribution in [-0.2, 0) is 0 Å². The van der Waals surface area contributed by atoms with E-state index in [1.54, 1.807) is 6.26 Å². The third kappa shape index (κ3) is 4.20. The van der Waals surface area contributed by atoms with Crippen LogP contribution in [0.2, 0.25) is 0 Å². The summed E-state index contributed by atoms with van der Waals surface area (Å²) < 4.78 is 5.52. The Kier molecular flexibility index (Phi) is 5.17. The van der Waals surface area contributed by atoms with Crippen molar-refractivity contribution in [3.8, 4) is 11.3 Å². The first-order chi connectivity index (χ1) is 13.8. The van der Waals surface area contributed by atoms with Gasteiger partial charge < -0.3 is 14.8 Å². The lowest BCUT2D eigenvalue weighted by Crippen LogP contribution is -2.41. The first-order valence-corrected chi connectivity index (χ1v) is 10.3. The lowest BCUT2D eigenvalue weighted by Gasteiger charge is -2.36. The van der Waals surface area contributed by atoms with Crippen LogP contribution in [0.3, 0.4) is 0 Å². The van der Waals surface area contributed by atoms with Crippen LogP contribution < -0.4 is 5.32 Å². The van der Waals surface area contributed by atoms with Gasteiger partial charge in [-0.3, -0.25) is 9.78 Å². The van der Waals surface area contributed by atoms with E-state index in [9.17, 15) is 9.90 Å². The molecular formula is C24H28N2O3. The Labute approximate surface area is 171 Å². The van der Waals surface area contributed by atoms with Crippen molar-refractivity contribution in [3.63, 3.8) is 0 Å². The van der Waals surface area contributed by atoms with E-state index in [4.69, 9.17) is 4.42 Å². The van der Waals surface area contributed by atoms with Gasteiger partial charge in [0.2, 0.25) is 0 Å². The summed E-state index contributed by atoms with van der Waals surface area (Å²) >= 11 is 0. The highest BCUT2D eigenvalue weighted by Crippen LogP contribution is 2.33. The molecule has 0 aliphatic heterocycles. The molecule has 0 atom stereocenters. The van der Waals surface area contributed by atoms with Crippen LogP contribution >= 0.6 is 0 Å². The van der Waals surface area contributed by atoms with Gasteiger partial charge in [0.25, 0.3) is 5.91 Å². The monoisotopic (exact) mass is 392 g/mol. The number of aromatic nitrogens is 1. The van der Waals surface area contributed by atoms with E-state index in [2.05, 4.69) is 10.3 Å². The number of amides is 1. The Morgan fingerprint density at radius 2 is 1.83 bits per heavy atom. The summed E-state index contributed by atoms with van der Waals surface area (Å²) in [7, 11) is 0. The zero-order chi connectivity index (χ0) is 20.6. The summed E-state index contributed by atoms with van der Waals surface area (Å²) in [6, 6.07) is 11.6. The molecule has 0 bridgehead atoms. The fourth-order valence-corrected chi connectivity index (χ4v) is 4.30. The van der Waals surface area contributed by atoms with Crippen LogP contribution in [0.15, 0.2) is 47.1 Å². The number of fused-ring (bicyclic) bond motifs is 1. The van der Waals surface area contributed by atoms with Crippen molar-refractivity contribution in [2.75, 3.05) is 0 Å². The second kappa shape index (κ2) is 7.64. The van der Waals surface area contributed by atoms with Gasteiger partial charge in [0.1, 0.15) is 5.58 Å². The Balaban J connectivity index is 1.44. The summed E-state index contributed by atoms with van der Waals surface area (Å²) in [6.07, 6.45) is 5.36. The van der Waals surface area contributed by atoms with Gasteiger partial charge in [0.15, 0.2) is 0 Å². The van der Waals surface area contributed by atoms with Crippen LogP contribution in [0.4, 0.5) is 0 Å². The summed E-state index contributed by atoms with van der Waals surface area (Å²) in [5.41, 5.74) is 3.54. The number of nitrogens with one attached hydrogen (secondary N) is 1. The lowest BCUT2D eigenvalue weighted by atomic mass is 9.77. The van der Waals surface area contributed by atoms with Crippen molar-refractivity contribution in [3.05, 3.63) is 53.9 Å². The molecule has 4 rings (SSSR count). The quantitative estimate of drug-likeness (QED) is 0.665. The Morgan fingerprint density at radius 1 is 1.14 bits per heavy atom.